The smallest absolute Gasteiger partial charge is 0.235 e. The zero-order valence-electron chi connectivity index (χ0n) is 8.90. The first-order chi connectivity index (χ1) is 6.60. The van der Waals surface area contributed by atoms with Gasteiger partial charge in [0.15, 0.2) is 11.5 Å². The second-order valence-corrected chi connectivity index (χ2v) is 3.15. The maximum absolute atomic E-state index is 10.2. The Morgan fingerprint density at radius 1 is 1.29 bits per heavy atom. The minimum atomic E-state index is -1.44. The van der Waals surface area contributed by atoms with Crippen molar-refractivity contribution in [1.29, 1.82) is 0 Å². The number of hydrogen-bond donors (Lipinski definition) is 1. The lowest BCUT2D eigenvalue weighted by Gasteiger charge is -2.35. The Labute approximate surface area is 83.8 Å². The molecule has 0 bridgehead atoms. The van der Waals surface area contributed by atoms with E-state index in [0.29, 0.717) is 11.5 Å². The molecule has 1 aliphatic rings. The van der Waals surface area contributed by atoms with E-state index in [1.165, 1.54) is 21.3 Å². The molecule has 0 amide bonds. The largest absolute Gasteiger partial charge is 0.493 e. The molecule has 1 aliphatic carbocycles. The van der Waals surface area contributed by atoms with Crippen LogP contribution in [0.2, 0.25) is 0 Å². The summed E-state index contributed by atoms with van der Waals surface area (Å²) in [5.41, 5.74) is 0. The van der Waals surface area contributed by atoms with Crippen LogP contribution in [0.5, 0.6) is 0 Å². The van der Waals surface area contributed by atoms with E-state index in [-0.39, 0.29) is 5.92 Å². The van der Waals surface area contributed by atoms with Gasteiger partial charge in [-0.05, 0) is 6.08 Å². The molecule has 1 N–H and O–H groups in total. The fourth-order valence-corrected chi connectivity index (χ4v) is 1.51. The fourth-order valence-electron chi connectivity index (χ4n) is 1.51. The normalized spacial score (nSPS) is 31.9. The molecule has 0 aromatic rings. The van der Waals surface area contributed by atoms with Gasteiger partial charge in [-0.1, -0.05) is 13.0 Å². The number of aliphatic hydroxyl groups is 1. The van der Waals surface area contributed by atoms with E-state index < -0.39 is 5.79 Å². The highest BCUT2D eigenvalue weighted by atomic mass is 16.6. The molecule has 0 spiro atoms. The molecule has 0 aromatic heterocycles. The number of ether oxygens (including phenoxy) is 3. The van der Waals surface area contributed by atoms with Crippen molar-refractivity contribution >= 4 is 0 Å². The molecule has 0 heterocycles. The predicted molar refractivity (Wildman–Crippen MR) is 51.3 cm³/mol. The minimum absolute atomic E-state index is 0.179. The molecule has 2 atom stereocenters. The SMILES string of the molecule is COC1=C(OC)[C@@](O)(OC)[C@@H](C)C=C1. The van der Waals surface area contributed by atoms with E-state index in [0.717, 1.165) is 0 Å². The summed E-state index contributed by atoms with van der Waals surface area (Å²) >= 11 is 0. The van der Waals surface area contributed by atoms with Crippen LogP contribution in [0.3, 0.4) is 0 Å². The van der Waals surface area contributed by atoms with Crippen molar-refractivity contribution < 1.29 is 19.3 Å². The monoisotopic (exact) mass is 200 g/mol. The van der Waals surface area contributed by atoms with E-state index in [9.17, 15) is 5.11 Å². The van der Waals surface area contributed by atoms with Gasteiger partial charge in [0.05, 0.1) is 14.2 Å². The van der Waals surface area contributed by atoms with Gasteiger partial charge in [0, 0.05) is 13.0 Å². The van der Waals surface area contributed by atoms with Crippen molar-refractivity contribution in [2.45, 2.75) is 12.7 Å². The fraction of sp³-hybridized carbons (Fsp3) is 0.600. The van der Waals surface area contributed by atoms with E-state index in [4.69, 9.17) is 14.2 Å². The first kappa shape index (κ1) is 11.1. The molecule has 14 heavy (non-hydrogen) atoms. The number of hydrogen-bond acceptors (Lipinski definition) is 4. The van der Waals surface area contributed by atoms with Crippen molar-refractivity contribution in [2.75, 3.05) is 21.3 Å². The van der Waals surface area contributed by atoms with Crippen LogP contribution in [0.4, 0.5) is 0 Å². The zero-order valence-corrected chi connectivity index (χ0v) is 8.90. The molecule has 1 rings (SSSR count). The van der Waals surface area contributed by atoms with Crippen LogP contribution < -0.4 is 0 Å². The summed E-state index contributed by atoms with van der Waals surface area (Å²) in [6.07, 6.45) is 3.57. The van der Waals surface area contributed by atoms with Gasteiger partial charge in [0.25, 0.3) is 0 Å². The van der Waals surface area contributed by atoms with Gasteiger partial charge in [-0.25, -0.2) is 0 Å². The van der Waals surface area contributed by atoms with Crippen LogP contribution in [0, 0.1) is 5.92 Å². The predicted octanol–water partition coefficient (Wildman–Crippen LogP) is 1.03. The highest BCUT2D eigenvalue weighted by Gasteiger charge is 2.42. The Morgan fingerprint density at radius 2 is 1.93 bits per heavy atom. The first-order valence-corrected chi connectivity index (χ1v) is 4.38. The van der Waals surface area contributed by atoms with Crippen molar-refractivity contribution in [3.05, 3.63) is 23.7 Å². The molecular weight excluding hydrogens is 184 g/mol. The Balaban J connectivity index is 3.15. The van der Waals surface area contributed by atoms with Crippen LogP contribution in [0.25, 0.3) is 0 Å². The lowest BCUT2D eigenvalue weighted by Crippen LogP contribution is -2.42. The number of methoxy groups -OCH3 is 3. The van der Waals surface area contributed by atoms with Crippen molar-refractivity contribution in [1.82, 2.24) is 0 Å². The zero-order chi connectivity index (χ0) is 10.8. The lowest BCUT2D eigenvalue weighted by molar-refractivity contribution is -0.204. The second-order valence-electron chi connectivity index (χ2n) is 3.15. The summed E-state index contributed by atoms with van der Waals surface area (Å²) in [5, 5.41) is 10.2. The maximum Gasteiger partial charge on any atom is 0.235 e. The number of allylic oxidation sites excluding steroid dienone is 1. The van der Waals surface area contributed by atoms with E-state index in [2.05, 4.69) is 0 Å². The summed E-state index contributed by atoms with van der Waals surface area (Å²) in [4.78, 5) is 0. The van der Waals surface area contributed by atoms with Gasteiger partial charge in [-0.2, -0.15) is 0 Å². The van der Waals surface area contributed by atoms with Crippen LogP contribution >= 0.6 is 0 Å². The topological polar surface area (TPSA) is 47.9 Å². The van der Waals surface area contributed by atoms with Crippen molar-refractivity contribution in [3.63, 3.8) is 0 Å². The standard InChI is InChI=1S/C10H16O4/c1-7-5-6-8(12-2)9(13-3)10(7,11)14-4/h5-7,11H,1-4H3/t7-,10-/m0/s1. The van der Waals surface area contributed by atoms with Crippen LogP contribution in [0.1, 0.15) is 6.92 Å². The van der Waals surface area contributed by atoms with Crippen molar-refractivity contribution in [3.8, 4) is 0 Å². The summed E-state index contributed by atoms with van der Waals surface area (Å²) < 4.78 is 15.2. The summed E-state index contributed by atoms with van der Waals surface area (Å²) in [5.74, 6) is -0.830. The van der Waals surface area contributed by atoms with Crippen molar-refractivity contribution in [2.24, 2.45) is 5.92 Å². The van der Waals surface area contributed by atoms with Gasteiger partial charge in [0.2, 0.25) is 5.79 Å². The van der Waals surface area contributed by atoms with Crippen LogP contribution in [-0.2, 0) is 14.2 Å². The van der Waals surface area contributed by atoms with E-state index >= 15 is 0 Å². The molecular formula is C10H16O4. The van der Waals surface area contributed by atoms with E-state index in [1.54, 1.807) is 6.08 Å². The van der Waals surface area contributed by atoms with Gasteiger partial charge in [-0.15, -0.1) is 0 Å². The Kier molecular flexibility index (Phi) is 3.18. The number of rotatable bonds is 3. The highest BCUT2D eigenvalue weighted by Crippen LogP contribution is 2.34. The molecule has 0 saturated carbocycles. The minimum Gasteiger partial charge on any atom is -0.493 e. The first-order valence-electron chi connectivity index (χ1n) is 4.38. The third-order valence-electron chi connectivity index (χ3n) is 2.44. The molecule has 0 fully saturated rings. The third-order valence-corrected chi connectivity index (χ3v) is 2.44. The van der Waals surface area contributed by atoms with Gasteiger partial charge in [-0.3, -0.25) is 0 Å². The quantitative estimate of drug-likeness (QED) is 0.691. The lowest BCUT2D eigenvalue weighted by atomic mass is 9.93. The summed E-state index contributed by atoms with van der Waals surface area (Å²) in [7, 11) is 4.43. The molecule has 0 unspecified atom stereocenters. The van der Waals surface area contributed by atoms with Gasteiger partial charge in [0.1, 0.15) is 0 Å². The maximum atomic E-state index is 10.2. The molecule has 0 aliphatic heterocycles. The highest BCUT2D eigenvalue weighted by molar-refractivity contribution is 5.28. The average Bonchev–Trinajstić information content (AvgIpc) is 2.21. The third kappa shape index (κ3) is 1.51. The Morgan fingerprint density at radius 3 is 2.36 bits per heavy atom. The molecule has 0 aromatic carbocycles. The molecule has 4 nitrogen and oxygen atoms in total. The van der Waals surface area contributed by atoms with Crippen LogP contribution in [0.15, 0.2) is 23.7 Å². The Bertz CT molecular complexity index is 269. The Hall–Kier alpha value is -1.00. The second kappa shape index (κ2) is 4.02. The molecule has 80 valence electrons. The summed E-state index contributed by atoms with van der Waals surface area (Å²) in [6, 6.07) is 0. The van der Waals surface area contributed by atoms with E-state index in [1.807, 2.05) is 13.0 Å². The molecule has 4 heteroatoms. The van der Waals surface area contributed by atoms with Gasteiger partial charge < -0.3 is 19.3 Å². The molecule has 0 saturated heterocycles. The molecule has 0 radical (unpaired) electrons. The average molecular weight is 200 g/mol. The summed E-state index contributed by atoms with van der Waals surface area (Å²) in [6.45, 7) is 1.84. The van der Waals surface area contributed by atoms with Gasteiger partial charge >= 0.3 is 0 Å². The van der Waals surface area contributed by atoms with Crippen LogP contribution in [-0.4, -0.2) is 32.2 Å².